The first-order valence-corrected chi connectivity index (χ1v) is 6.85. The second-order valence-electron chi connectivity index (χ2n) is 3.59. The summed E-state index contributed by atoms with van der Waals surface area (Å²) in [6.45, 7) is 0.611. The number of nitrogens with zero attached hydrogens (tertiary/aromatic N) is 1. The van der Waals surface area contributed by atoms with Crippen LogP contribution in [-0.2, 0) is 6.54 Å². The zero-order valence-electron chi connectivity index (χ0n) is 9.69. The Morgan fingerprint density at radius 2 is 2.00 bits per heavy atom. The summed E-state index contributed by atoms with van der Waals surface area (Å²) < 4.78 is 12.0. The van der Waals surface area contributed by atoms with E-state index >= 15 is 0 Å². The van der Waals surface area contributed by atoms with E-state index in [0.29, 0.717) is 17.0 Å². The summed E-state index contributed by atoms with van der Waals surface area (Å²) in [6.07, 6.45) is 1.71. The number of benzene rings is 1. The smallest absolute Gasteiger partial charge is 0.184 e. The molecule has 94 valence electrons. The van der Waals surface area contributed by atoms with Gasteiger partial charge in [-0.3, -0.25) is 4.99 Å². The molecule has 18 heavy (non-hydrogen) atoms. The van der Waals surface area contributed by atoms with Gasteiger partial charge in [-0.2, -0.15) is 0 Å². The minimum absolute atomic E-state index is 0.611. The van der Waals surface area contributed by atoms with Crippen molar-refractivity contribution in [3.8, 4) is 5.75 Å². The topological polar surface area (TPSA) is 34.7 Å². The summed E-state index contributed by atoms with van der Waals surface area (Å²) in [6, 6.07) is 9.69. The fraction of sp³-hybridized carbons (Fsp3) is 0.154. The number of aliphatic imine (C=N–C) groups is 1. The molecular formula is C13H11Br2NO2. The van der Waals surface area contributed by atoms with Crippen molar-refractivity contribution in [3.63, 3.8) is 0 Å². The summed E-state index contributed by atoms with van der Waals surface area (Å²) in [5.41, 5.74) is 1.12. The molecule has 2 aromatic rings. The van der Waals surface area contributed by atoms with Gasteiger partial charge in [0.2, 0.25) is 0 Å². The number of ether oxygens (including phenoxy) is 1. The van der Waals surface area contributed by atoms with E-state index in [1.54, 1.807) is 13.3 Å². The van der Waals surface area contributed by atoms with Crippen molar-refractivity contribution >= 4 is 38.1 Å². The normalized spacial score (nSPS) is 11.1. The van der Waals surface area contributed by atoms with E-state index in [-0.39, 0.29) is 0 Å². The molecule has 0 aliphatic heterocycles. The lowest BCUT2D eigenvalue weighted by atomic mass is 10.2. The Hall–Kier alpha value is -1.07. The van der Waals surface area contributed by atoms with E-state index < -0.39 is 0 Å². The lowest BCUT2D eigenvalue weighted by Gasteiger charge is -2.00. The number of rotatable bonds is 4. The van der Waals surface area contributed by atoms with Gasteiger partial charge < -0.3 is 9.15 Å². The molecule has 0 amide bonds. The highest BCUT2D eigenvalue weighted by Crippen LogP contribution is 2.25. The largest absolute Gasteiger partial charge is 0.497 e. The molecular weight excluding hydrogens is 362 g/mol. The zero-order chi connectivity index (χ0) is 13.0. The lowest BCUT2D eigenvalue weighted by molar-refractivity contribution is 0.414. The van der Waals surface area contributed by atoms with Crippen LogP contribution in [0.25, 0.3) is 0 Å². The van der Waals surface area contributed by atoms with Crippen molar-refractivity contribution in [3.05, 3.63) is 50.8 Å². The van der Waals surface area contributed by atoms with E-state index in [0.717, 1.165) is 15.8 Å². The molecule has 0 bridgehead atoms. The summed E-state index contributed by atoms with van der Waals surface area (Å²) in [4.78, 5) is 4.32. The molecule has 0 unspecified atom stereocenters. The third-order valence-corrected chi connectivity index (χ3v) is 4.03. The fourth-order valence-electron chi connectivity index (χ4n) is 1.40. The highest BCUT2D eigenvalue weighted by Gasteiger charge is 2.03. The van der Waals surface area contributed by atoms with E-state index in [1.165, 1.54) is 0 Å². The van der Waals surface area contributed by atoms with Gasteiger partial charge in [0, 0.05) is 6.07 Å². The molecule has 0 spiro atoms. The maximum Gasteiger partial charge on any atom is 0.184 e. The number of hydrogen-bond acceptors (Lipinski definition) is 3. The highest BCUT2D eigenvalue weighted by atomic mass is 79.9. The van der Waals surface area contributed by atoms with Gasteiger partial charge >= 0.3 is 0 Å². The predicted octanol–water partition coefficient (Wildman–Crippen LogP) is 4.43. The van der Waals surface area contributed by atoms with E-state index in [2.05, 4.69) is 36.9 Å². The summed E-state index contributed by atoms with van der Waals surface area (Å²) in [7, 11) is 1.65. The van der Waals surface area contributed by atoms with Gasteiger partial charge in [0.15, 0.2) is 4.67 Å². The summed E-state index contributed by atoms with van der Waals surface area (Å²) >= 11 is 6.63. The monoisotopic (exact) mass is 371 g/mol. The second kappa shape index (κ2) is 6.20. The average molecular weight is 373 g/mol. The minimum Gasteiger partial charge on any atom is -0.497 e. The van der Waals surface area contributed by atoms with Crippen molar-refractivity contribution in [2.75, 3.05) is 7.11 Å². The molecule has 1 heterocycles. The van der Waals surface area contributed by atoms with Crippen molar-refractivity contribution < 1.29 is 9.15 Å². The molecule has 1 aromatic heterocycles. The molecule has 1 aromatic carbocycles. The minimum atomic E-state index is 0.611. The summed E-state index contributed by atoms with van der Waals surface area (Å²) in [5.74, 6) is 1.56. The van der Waals surface area contributed by atoms with Gasteiger partial charge in [0.05, 0.1) is 24.3 Å². The van der Waals surface area contributed by atoms with Crippen molar-refractivity contribution in [1.82, 2.24) is 0 Å². The Balaban J connectivity index is 1.98. The van der Waals surface area contributed by atoms with E-state index in [9.17, 15) is 0 Å². The number of hydrogen-bond donors (Lipinski definition) is 0. The second-order valence-corrected chi connectivity index (χ2v) is 5.16. The number of halogens is 2. The first-order valence-electron chi connectivity index (χ1n) is 5.26. The van der Waals surface area contributed by atoms with Crippen LogP contribution in [0.3, 0.4) is 0 Å². The van der Waals surface area contributed by atoms with Crippen LogP contribution >= 0.6 is 31.9 Å². The third kappa shape index (κ3) is 3.46. The van der Waals surface area contributed by atoms with Crippen LogP contribution in [0.1, 0.15) is 11.3 Å². The van der Waals surface area contributed by atoms with Crippen LogP contribution in [0.5, 0.6) is 5.75 Å². The molecule has 2 rings (SSSR count). The first kappa shape index (κ1) is 13.4. The van der Waals surface area contributed by atoms with Crippen molar-refractivity contribution in [2.45, 2.75) is 6.54 Å². The van der Waals surface area contributed by atoms with Crippen LogP contribution in [0.2, 0.25) is 0 Å². The van der Waals surface area contributed by atoms with Crippen LogP contribution < -0.4 is 4.74 Å². The summed E-state index contributed by atoms with van der Waals surface area (Å²) in [5, 5.41) is 0. The molecule has 0 atom stereocenters. The molecule has 0 aliphatic rings. The zero-order valence-corrected chi connectivity index (χ0v) is 12.9. The van der Waals surface area contributed by atoms with E-state index in [1.807, 2.05) is 30.3 Å². The Morgan fingerprint density at radius 3 is 2.56 bits per heavy atom. The molecule has 3 nitrogen and oxygen atoms in total. The quantitative estimate of drug-likeness (QED) is 0.744. The third-order valence-electron chi connectivity index (χ3n) is 2.32. The van der Waals surface area contributed by atoms with Gasteiger partial charge in [-0.15, -0.1) is 0 Å². The SMILES string of the molecule is COc1ccc(CN=Cc2cc(Br)c(Br)o2)cc1. The molecule has 0 aliphatic carbocycles. The van der Waals surface area contributed by atoms with Crippen LogP contribution in [0.15, 0.2) is 48.9 Å². The number of methoxy groups -OCH3 is 1. The Kier molecular flexibility index (Phi) is 4.60. The standard InChI is InChI=1S/C13H11Br2NO2/c1-17-10-4-2-9(3-5-10)7-16-8-11-6-12(14)13(15)18-11/h2-6,8H,7H2,1H3. The fourth-order valence-corrected chi connectivity index (χ4v) is 2.01. The van der Waals surface area contributed by atoms with Gasteiger partial charge in [-0.1, -0.05) is 12.1 Å². The van der Waals surface area contributed by atoms with Crippen molar-refractivity contribution in [1.29, 1.82) is 0 Å². The van der Waals surface area contributed by atoms with Crippen LogP contribution in [0.4, 0.5) is 0 Å². The highest BCUT2D eigenvalue weighted by molar-refractivity contribution is 9.13. The molecule has 0 N–H and O–H groups in total. The van der Waals surface area contributed by atoms with E-state index in [4.69, 9.17) is 9.15 Å². The Bertz CT molecular complexity index is 527. The van der Waals surface area contributed by atoms with Crippen LogP contribution in [-0.4, -0.2) is 13.3 Å². The molecule has 0 saturated heterocycles. The molecule has 0 saturated carbocycles. The molecule has 0 fully saturated rings. The van der Waals surface area contributed by atoms with Gasteiger partial charge in [-0.25, -0.2) is 0 Å². The lowest BCUT2D eigenvalue weighted by Crippen LogP contribution is -1.85. The Morgan fingerprint density at radius 1 is 1.28 bits per heavy atom. The van der Waals surface area contributed by atoms with Gasteiger partial charge in [0.25, 0.3) is 0 Å². The maximum atomic E-state index is 5.39. The van der Waals surface area contributed by atoms with Crippen LogP contribution in [0, 0.1) is 0 Å². The molecule has 0 radical (unpaired) electrons. The number of furan rings is 1. The van der Waals surface area contributed by atoms with Gasteiger partial charge in [0.1, 0.15) is 11.5 Å². The Labute approximate surface area is 122 Å². The predicted molar refractivity (Wildman–Crippen MR) is 78.4 cm³/mol. The van der Waals surface area contributed by atoms with Crippen molar-refractivity contribution in [2.24, 2.45) is 4.99 Å². The van der Waals surface area contributed by atoms with Gasteiger partial charge in [-0.05, 0) is 49.6 Å². The molecule has 5 heteroatoms. The first-order chi connectivity index (χ1) is 8.69. The maximum absolute atomic E-state index is 5.39. The average Bonchev–Trinajstić information content (AvgIpc) is 2.69.